The molecule has 156 valence electrons. The van der Waals surface area contributed by atoms with Crippen LogP contribution in [-0.2, 0) is 20.7 Å². The summed E-state index contributed by atoms with van der Waals surface area (Å²) in [5.41, 5.74) is -0.0140. The highest BCUT2D eigenvalue weighted by Crippen LogP contribution is 2.18. The van der Waals surface area contributed by atoms with Crippen molar-refractivity contribution in [1.82, 2.24) is 10.6 Å². The van der Waals surface area contributed by atoms with E-state index in [1.165, 1.54) is 0 Å². The summed E-state index contributed by atoms with van der Waals surface area (Å²) in [5.74, 6) is -1.88. The molecule has 0 aromatic heterocycles. The summed E-state index contributed by atoms with van der Waals surface area (Å²) in [5, 5.41) is 14.9. The summed E-state index contributed by atoms with van der Waals surface area (Å²) in [6.07, 6.45) is -0.652. The normalized spacial score (nSPS) is 14.0. The van der Waals surface area contributed by atoms with Gasteiger partial charge in [0.2, 0.25) is 5.91 Å². The largest absolute Gasteiger partial charge is 0.480 e. The highest BCUT2D eigenvalue weighted by Gasteiger charge is 2.36. The first kappa shape index (κ1) is 24.1. The minimum absolute atomic E-state index is 0.127. The smallest absolute Gasteiger partial charge is 0.408 e. The first-order valence-corrected chi connectivity index (χ1v) is 9.51. The average molecular weight is 431 g/mol. The molecule has 7 nitrogen and oxygen atoms in total. The lowest BCUT2D eigenvalue weighted by molar-refractivity contribution is -0.142. The zero-order valence-corrected chi connectivity index (χ0v) is 18.2. The Morgan fingerprint density at radius 1 is 1.11 bits per heavy atom. The molecule has 0 heterocycles. The molecular formula is C19H27ClN2O5S. The van der Waals surface area contributed by atoms with Gasteiger partial charge in [-0.1, -0.05) is 23.7 Å². The molecule has 0 spiro atoms. The van der Waals surface area contributed by atoms with Gasteiger partial charge in [0.25, 0.3) is 0 Å². The quantitative estimate of drug-likeness (QED) is 0.497. The molecule has 1 aromatic rings. The number of nitrogens with one attached hydrogen (secondary N) is 2. The topological polar surface area (TPSA) is 105 Å². The van der Waals surface area contributed by atoms with Crippen LogP contribution in [0, 0.1) is 0 Å². The van der Waals surface area contributed by atoms with Crippen molar-refractivity contribution < 1.29 is 24.2 Å². The number of carboxylic acids is 1. The average Bonchev–Trinajstić information content (AvgIpc) is 2.50. The summed E-state index contributed by atoms with van der Waals surface area (Å²) in [6, 6.07) is 4.46. The molecule has 0 aliphatic rings. The van der Waals surface area contributed by atoms with Crippen LogP contribution in [-0.4, -0.2) is 45.5 Å². The van der Waals surface area contributed by atoms with E-state index in [4.69, 9.17) is 16.3 Å². The lowest BCUT2D eigenvalue weighted by atomic mass is 10.0. The summed E-state index contributed by atoms with van der Waals surface area (Å²) in [7, 11) is 0. The Bertz CT molecular complexity index is 711. The third-order valence-corrected chi connectivity index (χ3v) is 4.11. The number of amides is 2. The van der Waals surface area contributed by atoms with Gasteiger partial charge in [0.15, 0.2) is 0 Å². The molecule has 3 N–H and O–H groups in total. The van der Waals surface area contributed by atoms with E-state index in [2.05, 4.69) is 23.3 Å². The lowest BCUT2D eigenvalue weighted by Gasteiger charge is -2.29. The van der Waals surface area contributed by atoms with Crippen molar-refractivity contribution >= 4 is 42.2 Å². The second kappa shape index (κ2) is 9.52. The molecule has 0 saturated carbocycles. The number of hydrogen-bond donors (Lipinski definition) is 4. The number of alkyl carbamates (subject to hydrolysis) is 1. The number of hydrogen-bond acceptors (Lipinski definition) is 5. The zero-order chi connectivity index (χ0) is 21.7. The Morgan fingerprint density at radius 3 is 2.07 bits per heavy atom. The maximum absolute atomic E-state index is 12.8. The summed E-state index contributed by atoms with van der Waals surface area (Å²) >= 11 is 10.1. The van der Waals surface area contributed by atoms with Gasteiger partial charge in [0, 0.05) is 16.2 Å². The number of carbonyl (C=O) groups excluding carboxylic acids is 2. The number of carboxylic acid groups (broad SMARTS) is 1. The first-order chi connectivity index (χ1) is 12.7. The summed E-state index contributed by atoms with van der Waals surface area (Å²) in [4.78, 5) is 36.5. The number of carbonyl (C=O) groups is 3. The van der Waals surface area contributed by atoms with Gasteiger partial charge in [-0.25, -0.2) is 9.59 Å². The van der Waals surface area contributed by atoms with Gasteiger partial charge in [0.1, 0.15) is 17.7 Å². The number of thiol groups is 1. The van der Waals surface area contributed by atoms with Crippen LogP contribution in [0.1, 0.15) is 40.2 Å². The predicted molar refractivity (Wildman–Crippen MR) is 111 cm³/mol. The predicted octanol–water partition coefficient (Wildman–Crippen LogP) is 3.05. The number of ether oxygens (including phenoxy) is 1. The van der Waals surface area contributed by atoms with E-state index in [1.807, 2.05) is 0 Å². The standard InChI is InChI=1S/C19H27ClN2O5S/c1-18(2,3)27-17(26)21-13(10-11-6-8-12(20)9-7-11)15(23)22-14(16(24)25)19(4,5)28/h6-9,13-14,28H,10H2,1-5H3,(H,21,26)(H,22,23)(H,24,25)/t13-,14-/m0/s1. The van der Waals surface area contributed by atoms with E-state index in [1.54, 1.807) is 58.9 Å². The number of rotatable bonds is 7. The molecule has 0 unspecified atom stereocenters. The molecule has 0 aliphatic carbocycles. The van der Waals surface area contributed by atoms with Gasteiger partial charge in [-0.3, -0.25) is 4.79 Å². The van der Waals surface area contributed by atoms with E-state index in [0.29, 0.717) is 5.02 Å². The molecule has 1 rings (SSSR count). The minimum atomic E-state index is -1.25. The molecule has 2 atom stereocenters. The van der Waals surface area contributed by atoms with Gasteiger partial charge in [-0.2, -0.15) is 12.6 Å². The van der Waals surface area contributed by atoms with Crippen LogP contribution >= 0.6 is 24.2 Å². The van der Waals surface area contributed by atoms with Crippen molar-refractivity contribution in [3.63, 3.8) is 0 Å². The third-order valence-electron chi connectivity index (χ3n) is 3.60. The number of aliphatic carboxylic acids is 1. The molecule has 0 radical (unpaired) electrons. The van der Waals surface area contributed by atoms with Crippen LogP contribution in [0.2, 0.25) is 5.02 Å². The molecule has 0 fully saturated rings. The molecule has 0 aliphatic heterocycles. The van der Waals surface area contributed by atoms with Gasteiger partial charge in [-0.15, -0.1) is 0 Å². The van der Waals surface area contributed by atoms with Gasteiger partial charge in [0.05, 0.1) is 0 Å². The lowest BCUT2D eigenvalue weighted by Crippen LogP contribution is -2.57. The molecule has 0 bridgehead atoms. The monoisotopic (exact) mass is 430 g/mol. The van der Waals surface area contributed by atoms with E-state index in [-0.39, 0.29) is 6.42 Å². The van der Waals surface area contributed by atoms with Crippen molar-refractivity contribution in [1.29, 1.82) is 0 Å². The maximum Gasteiger partial charge on any atom is 0.408 e. The molecule has 2 amide bonds. The van der Waals surface area contributed by atoms with Crippen LogP contribution in [0.5, 0.6) is 0 Å². The maximum atomic E-state index is 12.8. The number of benzene rings is 1. The molecule has 28 heavy (non-hydrogen) atoms. The highest BCUT2D eigenvalue weighted by molar-refractivity contribution is 7.81. The van der Waals surface area contributed by atoms with Gasteiger partial charge in [-0.05, 0) is 52.3 Å². The van der Waals surface area contributed by atoms with E-state index >= 15 is 0 Å². The zero-order valence-electron chi connectivity index (χ0n) is 16.6. The van der Waals surface area contributed by atoms with Crippen LogP contribution < -0.4 is 10.6 Å². The van der Waals surface area contributed by atoms with Gasteiger partial charge < -0.3 is 20.5 Å². The van der Waals surface area contributed by atoms with E-state index in [9.17, 15) is 19.5 Å². The third kappa shape index (κ3) is 8.39. The Kier molecular flexibility index (Phi) is 8.19. The van der Waals surface area contributed by atoms with Crippen molar-refractivity contribution in [3.05, 3.63) is 34.9 Å². The fraction of sp³-hybridized carbons (Fsp3) is 0.526. The highest BCUT2D eigenvalue weighted by atomic mass is 35.5. The Morgan fingerprint density at radius 2 is 1.64 bits per heavy atom. The van der Waals surface area contributed by atoms with Gasteiger partial charge >= 0.3 is 12.1 Å². The molecule has 0 saturated heterocycles. The Hall–Kier alpha value is -1.93. The van der Waals surface area contributed by atoms with Crippen LogP contribution in [0.3, 0.4) is 0 Å². The van der Waals surface area contributed by atoms with Crippen molar-refractivity contribution in [2.24, 2.45) is 0 Å². The summed E-state index contributed by atoms with van der Waals surface area (Å²) < 4.78 is 4.20. The SMILES string of the molecule is CC(C)(C)OC(=O)N[C@@H](Cc1ccc(Cl)cc1)C(=O)N[C@@H](C(=O)O)C(C)(C)S. The fourth-order valence-electron chi connectivity index (χ4n) is 2.30. The Labute approximate surface area is 175 Å². The van der Waals surface area contributed by atoms with Crippen molar-refractivity contribution in [2.75, 3.05) is 0 Å². The summed E-state index contributed by atoms with van der Waals surface area (Å²) in [6.45, 7) is 8.25. The molecule has 1 aromatic carbocycles. The van der Waals surface area contributed by atoms with Crippen LogP contribution in [0.15, 0.2) is 24.3 Å². The molecule has 9 heteroatoms. The first-order valence-electron chi connectivity index (χ1n) is 8.68. The molecular weight excluding hydrogens is 404 g/mol. The second-order valence-corrected chi connectivity index (χ2v) is 9.55. The van der Waals surface area contributed by atoms with E-state index < -0.39 is 40.4 Å². The minimum Gasteiger partial charge on any atom is -0.480 e. The second-order valence-electron chi connectivity index (χ2n) is 7.96. The Balaban J connectivity index is 3.03. The van der Waals surface area contributed by atoms with E-state index in [0.717, 1.165) is 5.56 Å². The fourth-order valence-corrected chi connectivity index (χ4v) is 2.60. The number of halogens is 1. The van der Waals surface area contributed by atoms with Crippen molar-refractivity contribution in [2.45, 2.75) is 63.5 Å². The van der Waals surface area contributed by atoms with Crippen LogP contribution in [0.4, 0.5) is 4.79 Å². The van der Waals surface area contributed by atoms with Crippen molar-refractivity contribution in [3.8, 4) is 0 Å². The van der Waals surface area contributed by atoms with Crippen LogP contribution in [0.25, 0.3) is 0 Å².